The number of carbonyl (C=O) groups excluding carboxylic acids is 1. The van der Waals surface area contributed by atoms with Crippen molar-refractivity contribution >= 4 is 6.03 Å². The van der Waals surface area contributed by atoms with Crippen LogP contribution in [-0.2, 0) is 0 Å². The molecule has 0 aromatic heterocycles. The number of methoxy groups -OCH3 is 1. The minimum atomic E-state index is -0.0954. The molecule has 0 saturated carbocycles. The molecule has 0 aliphatic carbocycles. The second kappa shape index (κ2) is 9.63. The lowest BCUT2D eigenvalue weighted by molar-refractivity contribution is 0.111. The van der Waals surface area contributed by atoms with Crippen LogP contribution in [0.25, 0.3) is 0 Å². The SMILES string of the molecule is CCC(C)NC(=O)NCC(c1ccc(OC)cc1)N1CCN(C)CC1. The van der Waals surface area contributed by atoms with Crippen LogP contribution in [-0.4, -0.2) is 68.8 Å². The summed E-state index contributed by atoms with van der Waals surface area (Å²) >= 11 is 0. The largest absolute Gasteiger partial charge is 0.497 e. The maximum atomic E-state index is 12.1. The smallest absolute Gasteiger partial charge is 0.315 e. The van der Waals surface area contributed by atoms with Crippen molar-refractivity contribution in [3.63, 3.8) is 0 Å². The number of hydrogen-bond acceptors (Lipinski definition) is 4. The Labute approximate surface area is 151 Å². The molecule has 2 atom stereocenters. The van der Waals surface area contributed by atoms with E-state index in [0.717, 1.165) is 38.3 Å². The van der Waals surface area contributed by atoms with E-state index in [4.69, 9.17) is 4.74 Å². The highest BCUT2D eigenvalue weighted by molar-refractivity contribution is 5.74. The highest BCUT2D eigenvalue weighted by atomic mass is 16.5. The summed E-state index contributed by atoms with van der Waals surface area (Å²) in [6.07, 6.45) is 0.924. The highest BCUT2D eigenvalue weighted by Gasteiger charge is 2.24. The predicted molar refractivity (Wildman–Crippen MR) is 101 cm³/mol. The Morgan fingerprint density at radius 3 is 2.40 bits per heavy atom. The summed E-state index contributed by atoms with van der Waals surface area (Å²) in [5, 5.41) is 6.01. The number of hydrogen-bond donors (Lipinski definition) is 2. The van der Waals surface area contributed by atoms with Crippen molar-refractivity contribution in [2.75, 3.05) is 46.9 Å². The van der Waals surface area contributed by atoms with Gasteiger partial charge in [-0.15, -0.1) is 0 Å². The number of piperazine rings is 1. The number of amides is 2. The molecule has 1 aromatic rings. The number of likely N-dealkylation sites (N-methyl/N-ethyl adjacent to an activating group) is 1. The first-order valence-electron chi connectivity index (χ1n) is 9.14. The molecule has 1 saturated heterocycles. The zero-order valence-electron chi connectivity index (χ0n) is 15.9. The van der Waals surface area contributed by atoms with Crippen LogP contribution in [0.1, 0.15) is 31.9 Å². The van der Waals surface area contributed by atoms with Crippen LogP contribution in [0.2, 0.25) is 0 Å². The molecule has 6 heteroatoms. The second-order valence-electron chi connectivity index (χ2n) is 6.79. The first-order chi connectivity index (χ1) is 12.0. The average molecular weight is 348 g/mol. The van der Waals surface area contributed by atoms with Crippen LogP contribution in [0.5, 0.6) is 5.75 Å². The van der Waals surface area contributed by atoms with E-state index < -0.39 is 0 Å². The van der Waals surface area contributed by atoms with Crippen molar-refractivity contribution < 1.29 is 9.53 Å². The zero-order valence-corrected chi connectivity index (χ0v) is 15.9. The van der Waals surface area contributed by atoms with Crippen molar-refractivity contribution in [1.82, 2.24) is 20.4 Å². The van der Waals surface area contributed by atoms with Crippen molar-refractivity contribution in [1.29, 1.82) is 0 Å². The molecule has 2 N–H and O–H groups in total. The van der Waals surface area contributed by atoms with Gasteiger partial charge in [-0.05, 0) is 38.1 Å². The standard InChI is InChI=1S/C19H32N4O2/c1-5-15(2)21-19(24)20-14-18(23-12-10-22(3)11-13-23)16-6-8-17(25-4)9-7-16/h6-9,15,18H,5,10-14H2,1-4H3,(H2,20,21,24). The number of urea groups is 1. The van der Waals surface area contributed by atoms with Crippen molar-refractivity contribution in [2.24, 2.45) is 0 Å². The van der Waals surface area contributed by atoms with E-state index in [1.54, 1.807) is 7.11 Å². The van der Waals surface area contributed by atoms with Crippen molar-refractivity contribution in [3.8, 4) is 5.75 Å². The molecule has 1 aromatic carbocycles. The van der Waals surface area contributed by atoms with Crippen LogP contribution < -0.4 is 15.4 Å². The minimum Gasteiger partial charge on any atom is -0.497 e. The van der Waals surface area contributed by atoms with Gasteiger partial charge in [-0.1, -0.05) is 19.1 Å². The topological polar surface area (TPSA) is 56.8 Å². The Kier molecular flexibility index (Phi) is 7.52. The molecule has 25 heavy (non-hydrogen) atoms. The van der Waals surface area contributed by atoms with E-state index in [-0.39, 0.29) is 18.1 Å². The number of ether oxygens (including phenoxy) is 1. The Morgan fingerprint density at radius 2 is 1.84 bits per heavy atom. The number of rotatable bonds is 7. The number of carbonyl (C=O) groups is 1. The lowest BCUT2D eigenvalue weighted by Crippen LogP contribution is -2.50. The summed E-state index contributed by atoms with van der Waals surface area (Å²) in [6, 6.07) is 8.41. The predicted octanol–water partition coefficient (Wildman–Crippen LogP) is 2.08. The molecule has 6 nitrogen and oxygen atoms in total. The molecule has 1 aliphatic heterocycles. The summed E-state index contributed by atoms with van der Waals surface area (Å²) in [6.45, 7) is 8.77. The molecule has 0 radical (unpaired) electrons. The van der Waals surface area contributed by atoms with E-state index in [1.807, 2.05) is 19.1 Å². The van der Waals surface area contributed by atoms with Crippen LogP contribution in [0.3, 0.4) is 0 Å². The normalized spacial score (nSPS) is 18.4. The third kappa shape index (κ3) is 5.90. The first-order valence-corrected chi connectivity index (χ1v) is 9.14. The van der Waals surface area contributed by atoms with Crippen LogP contribution in [0.4, 0.5) is 4.79 Å². The maximum absolute atomic E-state index is 12.1. The molecule has 1 fully saturated rings. The van der Waals surface area contributed by atoms with Gasteiger partial charge in [-0.25, -0.2) is 4.79 Å². The Hall–Kier alpha value is -1.79. The molecule has 0 spiro atoms. The molecule has 0 bridgehead atoms. The van der Waals surface area contributed by atoms with Gasteiger partial charge in [0.05, 0.1) is 13.2 Å². The average Bonchev–Trinajstić information content (AvgIpc) is 2.63. The summed E-state index contributed by atoms with van der Waals surface area (Å²) in [4.78, 5) is 16.9. The Morgan fingerprint density at radius 1 is 1.20 bits per heavy atom. The summed E-state index contributed by atoms with van der Waals surface area (Å²) in [5.74, 6) is 0.850. The highest BCUT2D eigenvalue weighted by Crippen LogP contribution is 2.23. The molecule has 2 unspecified atom stereocenters. The lowest BCUT2D eigenvalue weighted by atomic mass is 10.0. The zero-order chi connectivity index (χ0) is 18.2. The maximum Gasteiger partial charge on any atom is 0.315 e. The van der Waals surface area contributed by atoms with Gasteiger partial charge in [0, 0.05) is 38.8 Å². The van der Waals surface area contributed by atoms with Gasteiger partial charge < -0.3 is 20.3 Å². The van der Waals surface area contributed by atoms with Gasteiger partial charge in [0.1, 0.15) is 5.75 Å². The van der Waals surface area contributed by atoms with Gasteiger partial charge in [-0.2, -0.15) is 0 Å². The van der Waals surface area contributed by atoms with Crippen LogP contribution in [0.15, 0.2) is 24.3 Å². The van der Waals surface area contributed by atoms with E-state index in [2.05, 4.69) is 46.5 Å². The molecule has 2 rings (SSSR count). The molecule has 1 aliphatic rings. The molecule has 140 valence electrons. The number of benzene rings is 1. The molecule has 1 heterocycles. The summed E-state index contributed by atoms with van der Waals surface area (Å²) in [7, 11) is 3.82. The molecule has 2 amide bonds. The van der Waals surface area contributed by atoms with Crippen molar-refractivity contribution in [3.05, 3.63) is 29.8 Å². The summed E-state index contributed by atoms with van der Waals surface area (Å²) in [5.41, 5.74) is 1.20. The Balaban J connectivity index is 2.04. The fourth-order valence-electron chi connectivity index (χ4n) is 2.98. The molecular formula is C19H32N4O2. The monoisotopic (exact) mass is 348 g/mol. The third-order valence-corrected chi connectivity index (χ3v) is 4.93. The first kappa shape index (κ1) is 19.5. The quantitative estimate of drug-likeness (QED) is 0.792. The number of nitrogens with one attached hydrogen (secondary N) is 2. The van der Waals surface area contributed by atoms with Crippen LogP contribution in [0, 0.1) is 0 Å². The minimum absolute atomic E-state index is 0.0954. The summed E-state index contributed by atoms with van der Waals surface area (Å²) < 4.78 is 5.26. The van der Waals surface area contributed by atoms with Gasteiger partial charge in [0.25, 0.3) is 0 Å². The lowest BCUT2D eigenvalue weighted by Gasteiger charge is -2.38. The van der Waals surface area contributed by atoms with E-state index >= 15 is 0 Å². The van der Waals surface area contributed by atoms with E-state index in [0.29, 0.717) is 6.54 Å². The number of nitrogens with zero attached hydrogens (tertiary/aromatic N) is 2. The van der Waals surface area contributed by atoms with Gasteiger partial charge in [0.15, 0.2) is 0 Å². The molecular weight excluding hydrogens is 316 g/mol. The van der Waals surface area contributed by atoms with Gasteiger partial charge in [-0.3, -0.25) is 4.90 Å². The van der Waals surface area contributed by atoms with Crippen LogP contribution >= 0.6 is 0 Å². The van der Waals surface area contributed by atoms with Crippen molar-refractivity contribution in [2.45, 2.75) is 32.4 Å². The Bertz CT molecular complexity index is 527. The van der Waals surface area contributed by atoms with Gasteiger partial charge >= 0.3 is 6.03 Å². The van der Waals surface area contributed by atoms with E-state index in [9.17, 15) is 4.79 Å². The van der Waals surface area contributed by atoms with E-state index in [1.165, 1.54) is 5.56 Å². The third-order valence-electron chi connectivity index (χ3n) is 4.93. The fourth-order valence-corrected chi connectivity index (χ4v) is 2.98. The fraction of sp³-hybridized carbons (Fsp3) is 0.632. The van der Waals surface area contributed by atoms with Gasteiger partial charge in [0.2, 0.25) is 0 Å². The second-order valence-corrected chi connectivity index (χ2v) is 6.79.